The fourth-order valence-electron chi connectivity index (χ4n) is 1.39. The zero-order valence-electron chi connectivity index (χ0n) is 8.82. The lowest BCUT2D eigenvalue weighted by Gasteiger charge is -2.10. The number of halogens is 4. The van der Waals surface area contributed by atoms with Crippen LogP contribution in [0.2, 0.25) is 5.02 Å². The molecular formula is C9H7ClF3N5. The summed E-state index contributed by atoms with van der Waals surface area (Å²) in [7, 11) is 0. The van der Waals surface area contributed by atoms with Crippen LogP contribution in [0.4, 0.5) is 13.2 Å². The van der Waals surface area contributed by atoms with Crippen molar-refractivity contribution in [3.05, 3.63) is 34.6 Å². The number of rotatable bonds is 2. The molecule has 18 heavy (non-hydrogen) atoms. The van der Waals surface area contributed by atoms with Gasteiger partial charge in [-0.25, -0.2) is 0 Å². The van der Waals surface area contributed by atoms with Gasteiger partial charge in [-0.15, -0.1) is 5.10 Å². The number of hydrogen-bond acceptors (Lipinski definition) is 4. The van der Waals surface area contributed by atoms with E-state index >= 15 is 0 Å². The van der Waals surface area contributed by atoms with Crippen molar-refractivity contribution in [1.82, 2.24) is 20.2 Å². The Labute approximate surface area is 104 Å². The van der Waals surface area contributed by atoms with E-state index in [1.807, 2.05) is 0 Å². The summed E-state index contributed by atoms with van der Waals surface area (Å²) < 4.78 is 39.0. The maximum atomic E-state index is 12.6. The van der Waals surface area contributed by atoms with E-state index in [9.17, 15) is 13.2 Å². The predicted octanol–water partition coefficient (Wildman–Crippen LogP) is 1.79. The van der Waals surface area contributed by atoms with E-state index in [1.54, 1.807) is 0 Å². The summed E-state index contributed by atoms with van der Waals surface area (Å²) in [5.74, 6) is 0.241. The molecule has 0 atom stereocenters. The van der Waals surface area contributed by atoms with E-state index in [2.05, 4.69) is 15.5 Å². The highest BCUT2D eigenvalue weighted by Gasteiger charge is 2.31. The van der Waals surface area contributed by atoms with E-state index in [0.29, 0.717) is 0 Å². The molecule has 96 valence electrons. The topological polar surface area (TPSA) is 69.6 Å². The molecule has 2 aromatic rings. The lowest BCUT2D eigenvalue weighted by Crippen LogP contribution is -2.10. The van der Waals surface area contributed by atoms with Crippen molar-refractivity contribution in [2.24, 2.45) is 5.73 Å². The normalized spacial score (nSPS) is 11.8. The largest absolute Gasteiger partial charge is 0.416 e. The second kappa shape index (κ2) is 4.54. The van der Waals surface area contributed by atoms with Crippen LogP contribution in [0.15, 0.2) is 18.2 Å². The second-order valence-electron chi connectivity index (χ2n) is 3.41. The van der Waals surface area contributed by atoms with Crippen LogP contribution >= 0.6 is 11.6 Å². The van der Waals surface area contributed by atoms with E-state index < -0.39 is 11.7 Å². The second-order valence-corrected chi connectivity index (χ2v) is 3.84. The Morgan fingerprint density at radius 2 is 2.00 bits per heavy atom. The van der Waals surface area contributed by atoms with Gasteiger partial charge in [-0.1, -0.05) is 11.6 Å². The van der Waals surface area contributed by atoms with Gasteiger partial charge in [0.05, 0.1) is 17.8 Å². The number of hydrogen-bond donors (Lipinski definition) is 1. The Balaban J connectivity index is 2.56. The maximum absolute atomic E-state index is 12.6. The highest BCUT2D eigenvalue weighted by Crippen LogP contribution is 2.32. The maximum Gasteiger partial charge on any atom is 0.416 e. The third-order valence-electron chi connectivity index (χ3n) is 2.17. The first-order valence-corrected chi connectivity index (χ1v) is 5.15. The lowest BCUT2D eigenvalue weighted by molar-refractivity contribution is -0.137. The zero-order valence-corrected chi connectivity index (χ0v) is 9.57. The van der Waals surface area contributed by atoms with Gasteiger partial charge < -0.3 is 5.73 Å². The monoisotopic (exact) mass is 277 g/mol. The highest BCUT2D eigenvalue weighted by molar-refractivity contribution is 6.30. The Kier molecular flexibility index (Phi) is 3.22. The minimum Gasteiger partial charge on any atom is -0.324 e. The standard InChI is InChI=1S/C9H7ClF3N5/c10-6-1-5(9(11,12)13)2-7(3-6)18-8(4-14)15-16-17-18/h1-3H,4,14H2. The highest BCUT2D eigenvalue weighted by atomic mass is 35.5. The van der Waals surface area contributed by atoms with Crippen LogP contribution in [0.3, 0.4) is 0 Å². The number of aromatic nitrogens is 4. The van der Waals surface area contributed by atoms with Crippen molar-refractivity contribution in [2.75, 3.05) is 0 Å². The molecule has 0 aliphatic carbocycles. The minimum atomic E-state index is -4.49. The first-order valence-electron chi connectivity index (χ1n) is 4.77. The van der Waals surface area contributed by atoms with Gasteiger partial charge in [0.1, 0.15) is 0 Å². The van der Waals surface area contributed by atoms with Crippen molar-refractivity contribution in [1.29, 1.82) is 0 Å². The summed E-state index contributed by atoms with van der Waals surface area (Å²) in [6, 6.07) is 3.06. The Bertz CT molecular complexity index is 566. The van der Waals surface area contributed by atoms with Gasteiger partial charge in [0.2, 0.25) is 0 Å². The molecule has 0 saturated heterocycles. The molecule has 0 unspecified atom stereocenters. The minimum absolute atomic E-state index is 0.000858. The van der Waals surface area contributed by atoms with Gasteiger partial charge >= 0.3 is 6.18 Å². The first kappa shape index (κ1) is 12.8. The van der Waals surface area contributed by atoms with Gasteiger partial charge in [0.15, 0.2) is 5.82 Å². The lowest BCUT2D eigenvalue weighted by atomic mass is 10.2. The van der Waals surface area contributed by atoms with Gasteiger partial charge in [-0.3, -0.25) is 0 Å². The Morgan fingerprint density at radius 1 is 1.28 bits per heavy atom. The van der Waals surface area contributed by atoms with Gasteiger partial charge in [-0.2, -0.15) is 17.9 Å². The molecule has 1 heterocycles. The van der Waals surface area contributed by atoms with Crippen molar-refractivity contribution < 1.29 is 13.2 Å². The van der Waals surface area contributed by atoms with Crippen LogP contribution in [0.5, 0.6) is 0 Å². The van der Waals surface area contributed by atoms with Crippen LogP contribution in [0.1, 0.15) is 11.4 Å². The summed E-state index contributed by atoms with van der Waals surface area (Å²) in [4.78, 5) is 0. The van der Waals surface area contributed by atoms with Gasteiger partial charge in [-0.05, 0) is 28.6 Å². The smallest absolute Gasteiger partial charge is 0.324 e. The SMILES string of the molecule is NCc1nnnn1-c1cc(Cl)cc(C(F)(F)F)c1. The van der Waals surface area contributed by atoms with Crippen molar-refractivity contribution >= 4 is 11.6 Å². The molecule has 2 rings (SSSR count). The quantitative estimate of drug-likeness (QED) is 0.909. The third kappa shape index (κ3) is 2.44. The predicted molar refractivity (Wildman–Crippen MR) is 57.1 cm³/mol. The summed E-state index contributed by atoms with van der Waals surface area (Å²) >= 11 is 5.66. The summed E-state index contributed by atoms with van der Waals surface area (Å²) in [5.41, 5.74) is 4.62. The number of nitrogens with zero attached hydrogens (tertiary/aromatic N) is 4. The van der Waals surface area contributed by atoms with Crippen molar-refractivity contribution in [3.63, 3.8) is 0 Å². The molecule has 0 spiro atoms. The van der Waals surface area contributed by atoms with Crippen LogP contribution in [0.25, 0.3) is 5.69 Å². The molecule has 0 fully saturated rings. The molecule has 9 heteroatoms. The van der Waals surface area contributed by atoms with E-state index in [0.717, 1.165) is 16.8 Å². The fraction of sp³-hybridized carbons (Fsp3) is 0.222. The molecular weight excluding hydrogens is 271 g/mol. The van der Waals surface area contributed by atoms with Crippen LogP contribution in [0, 0.1) is 0 Å². The Morgan fingerprint density at radius 3 is 2.61 bits per heavy atom. The van der Waals surface area contributed by atoms with Crippen molar-refractivity contribution in [3.8, 4) is 5.69 Å². The van der Waals surface area contributed by atoms with E-state index in [4.69, 9.17) is 17.3 Å². The number of tetrazole rings is 1. The molecule has 1 aromatic carbocycles. The molecule has 0 amide bonds. The Hall–Kier alpha value is -1.67. The zero-order chi connectivity index (χ0) is 13.3. The van der Waals surface area contributed by atoms with Crippen LogP contribution in [-0.2, 0) is 12.7 Å². The average Bonchev–Trinajstić information content (AvgIpc) is 2.74. The van der Waals surface area contributed by atoms with Crippen LogP contribution < -0.4 is 5.73 Å². The molecule has 0 bridgehead atoms. The van der Waals surface area contributed by atoms with Crippen molar-refractivity contribution in [2.45, 2.75) is 12.7 Å². The van der Waals surface area contributed by atoms with E-state index in [-0.39, 0.29) is 23.1 Å². The number of alkyl halides is 3. The first-order chi connectivity index (χ1) is 8.41. The van der Waals surface area contributed by atoms with Crippen LogP contribution in [-0.4, -0.2) is 20.2 Å². The molecule has 5 nitrogen and oxygen atoms in total. The summed E-state index contributed by atoms with van der Waals surface area (Å²) in [5, 5.41) is 10.4. The number of benzene rings is 1. The fourth-order valence-corrected chi connectivity index (χ4v) is 1.62. The summed E-state index contributed by atoms with van der Waals surface area (Å²) in [6.45, 7) is 0.000858. The molecule has 2 N–H and O–H groups in total. The summed E-state index contributed by atoms with van der Waals surface area (Å²) in [6.07, 6.45) is -4.49. The molecule has 0 aliphatic rings. The van der Waals surface area contributed by atoms with Gasteiger partial charge in [0.25, 0.3) is 0 Å². The number of nitrogens with two attached hydrogens (primary N) is 1. The molecule has 1 aromatic heterocycles. The molecule has 0 saturated carbocycles. The van der Waals surface area contributed by atoms with Gasteiger partial charge in [0, 0.05) is 5.02 Å². The third-order valence-corrected chi connectivity index (χ3v) is 2.39. The molecule has 0 aliphatic heterocycles. The molecule has 0 radical (unpaired) electrons. The average molecular weight is 278 g/mol. The van der Waals surface area contributed by atoms with E-state index in [1.165, 1.54) is 6.07 Å².